The molecule has 39 heavy (non-hydrogen) atoms. The van der Waals surface area contributed by atoms with Crippen LogP contribution in [0.5, 0.6) is 0 Å². The standard InChI is InChI=1S/C29H43N4O4PS/c1-5-8-17-31-28(35)23(29(36)32-18-9-6-2)13-10-11-14-27-33(20-12-19-30-26(34)7-3)24-16-15-22(39-37)21-25(24)38(27)4/h10-11,13-16,21,37H,5-9,12,17-20H2,1-4H3,(H,30,34)(H,31,35)(H,32,36)/b11-10+,27-14-. The molecule has 1 heterocycles. The third-order valence-corrected chi connectivity index (χ3v) is 8.89. The van der Waals surface area contributed by atoms with Crippen molar-refractivity contribution in [1.29, 1.82) is 0 Å². The molecule has 0 bridgehead atoms. The van der Waals surface area contributed by atoms with Gasteiger partial charge in [-0.05, 0) is 64.2 Å². The molecule has 214 valence electrons. The van der Waals surface area contributed by atoms with Crippen molar-refractivity contribution in [3.8, 4) is 0 Å². The molecule has 8 nitrogen and oxygen atoms in total. The highest BCUT2D eigenvalue weighted by atomic mass is 32.2. The van der Waals surface area contributed by atoms with Gasteiger partial charge < -0.3 is 25.4 Å². The van der Waals surface area contributed by atoms with Gasteiger partial charge in [0.25, 0.3) is 11.8 Å². The number of fused-ring (bicyclic) bond motifs is 1. The van der Waals surface area contributed by atoms with Crippen molar-refractivity contribution in [3.63, 3.8) is 0 Å². The molecular formula is C29H43N4O4PS. The van der Waals surface area contributed by atoms with Crippen LogP contribution in [0, 0.1) is 0 Å². The molecule has 3 amide bonds. The maximum atomic E-state index is 12.7. The first kappa shape index (κ1) is 32.6. The molecule has 0 saturated carbocycles. The number of benzene rings is 1. The van der Waals surface area contributed by atoms with Crippen molar-refractivity contribution in [2.45, 2.75) is 64.2 Å². The molecule has 1 aliphatic rings. The molecule has 0 aromatic heterocycles. The summed E-state index contributed by atoms with van der Waals surface area (Å²) < 4.78 is 9.56. The summed E-state index contributed by atoms with van der Waals surface area (Å²) in [5, 5.41) is 9.80. The summed E-state index contributed by atoms with van der Waals surface area (Å²) in [7, 11) is -0.674. The van der Waals surface area contributed by atoms with Gasteiger partial charge in [-0.3, -0.25) is 14.4 Å². The summed E-state index contributed by atoms with van der Waals surface area (Å²) in [6.07, 6.45) is 12.1. The summed E-state index contributed by atoms with van der Waals surface area (Å²) in [6.45, 7) is 10.5. The fourth-order valence-electron chi connectivity index (χ4n) is 4.01. The van der Waals surface area contributed by atoms with E-state index < -0.39 is 7.92 Å². The summed E-state index contributed by atoms with van der Waals surface area (Å²) in [6, 6.07) is 5.96. The van der Waals surface area contributed by atoms with Crippen LogP contribution < -0.4 is 26.2 Å². The molecule has 1 unspecified atom stereocenters. The van der Waals surface area contributed by atoms with Gasteiger partial charge in [-0.25, -0.2) is 0 Å². The van der Waals surface area contributed by atoms with Crippen LogP contribution in [0.4, 0.5) is 5.69 Å². The highest BCUT2D eigenvalue weighted by Crippen LogP contribution is 2.52. The fraction of sp³-hybridized carbons (Fsp3) is 0.483. The second-order valence-corrected chi connectivity index (χ2v) is 11.9. The predicted molar refractivity (Wildman–Crippen MR) is 164 cm³/mol. The number of carbonyl (C=O) groups excluding carboxylic acids is 3. The number of rotatable bonds is 16. The van der Waals surface area contributed by atoms with E-state index in [-0.39, 0.29) is 23.3 Å². The van der Waals surface area contributed by atoms with Crippen LogP contribution in [0.1, 0.15) is 59.3 Å². The highest BCUT2D eigenvalue weighted by Gasteiger charge is 2.30. The molecule has 0 aliphatic carbocycles. The van der Waals surface area contributed by atoms with Crippen molar-refractivity contribution < 1.29 is 18.9 Å². The van der Waals surface area contributed by atoms with Crippen molar-refractivity contribution in [2.75, 3.05) is 37.7 Å². The maximum Gasteiger partial charge on any atom is 0.256 e. The summed E-state index contributed by atoms with van der Waals surface area (Å²) in [5.41, 5.74) is 2.33. The predicted octanol–water partition coefficient (Wildman–Crippen LogP) is 4.88. The molecule has 2 rings (SSSR count). The number of allylic oxidation sites excluding steroid dienone is 4. The maximum absolute atomic E-state index is 12.7. The number of nitrogens with one attached hydrogen (secondary N) is 3. The van der Waals surface area contributed by atoms with E-state index in [1.54, 1.807) is 12.2 Å². The zero-order valence-electron chi connectivity index (χ0n) is 23.6. The van der Waals surface area contributed by atoms with E-state index >= 15 is 0 Å². The lowest BCUT2D eigenvalue weighted by atomic mass is 10.2. The Morgan fingerprint density at radius 3 is 2.18 bits per heavy atom. The van der Waals surface area contributed by atoms with E-state index in [2.05, 4.69) is 41.4 Å². The third kappa shape index (κ3) is 10.1. The number of hydrogen-bond acceptors (Lipinski definition) is 6. The Labute approximate surface area is 238 Å². The molecule has 1 aromatic rings. The molecule has 0 saturated heterocycles. The van der Waals surface area contributed by atoms with E-state index in [0.29, 0.717) is 26.1 Å². The largest absolute Gasteiger partial charge is 0.356 e. The van der Waals surface area contributed by atoms with E-state index in [9.17, 15) is 18.9 Å². The Hall–Kier alpha value is -2.61. The van der Waals surface area contributed by atoms with Crippen LogP contribution in [0.3, 0.4) is 0 Å². The van der Waals surface area contributed by atoms with Gasteiger partial charge in [0.15, 0.2) is 0 Å². The van der Waals surface area contributed by atoms with Crippen molar-refractivity contribution >= 4 is 48.7 Å². The van der Waals surface area contributed by atoms with E-state index in [0.717, 1.165) is 66.7 Å². The van der Waals surface area contributed by atoms with Crippen LogP contribution in [0.2, 0.25) is 0 Å². The third-order valence-electron chi connectivity index (χ3n) is 6.27. The Balaban J connectivity index is 2.26. The average Bonchev–Trinajstić information content (AvgIpc) is 3.20. The second-order valence-electron chi connectivity index (χ2n) is 9.22. The van der Waals surface area contributed by atoms with Gasteiger partial charge >= 0.3 is 0 Å². The average molecular weight is 575 g/mol. The zero-order chi connectivity index (χ0) is 28.6. The Morgan fingerprint density at radius 2 is 1.59 bits per heavy atom. The van der Waals surface area contributed by atoms with Crippen molar-refractivity contribution in [3.05, 3.63) is 53.5 Å². The Morgan fingerprint density at radius 1 is 0.949 bits per heavy atom. The summed E-state index contributed by atoms with van der Waals surface area (Å²) in [5.74, 6) is -0.700. The number of unbranched alkanes of at least 4 members (excludes halogenated alkanes) is 2. The molecular weight excluding hydrogens is 531 g/mol. The molecule has 10 heteroatoms. The molecule has 0 fully saturated rings. The highest BCUT2D eigenvalue weighted by molar-refractivity contribution is 7.93. The Kier molecular flexibility index (Phi) is 14.9. The molecule has 0 radical (unpaired) electrons. The summed E-state index contributed by atoms with van der Waals surface area (Å²) >= 11 is 0.738. The van der Waals surface area contributed by atoms with Crippen LogP contribution >= 0.6 is 20.0 Å². The first-order valence-corrected chi connectivity index (χ1v) is 16.3. The monoisotopic (exact) mass is 574 g/mol. The van der Waals surface area contributed by atoms with Crippen molar-refractivity contribution in [1.82, 2.24) is 16.0 Å². The van der Waals surface area contributed by atoms with E-state index in [4.69, 9.17) is 0 Å². The normalized spacial score (nSPS) is 15.4. The van der Waals surface area contributed by atoms with Crippen molar-refractivity contribution in [2.24, 2.45) is 0 Å². The molecule has 1 aliphatic heterocycles. The zero-order valence-corrected chi connectivity index (χ0v) is 25.3. The van der Waals surface area contributed by atoms with Crippen LogP contribution in [-0.4, -0.2) is 55.1 Å². The molecule has 1 aromatic carbocycles. The number of hydrogen-bond donors (Lipinski definition) is 4. The smallest absolute Gasteiger partial charge is 0.256 e. The van der Waals surface area contributed by atoms with Crippen LogP contribution in [0.15, 0.2) is 58.4 Å². The lowest BCUT2D eigenvalue weighted by Gasteiger charge is -2.22. The first-order chi connectivity index (χ1) is 18.9. The SMILES string of the molecule is CCCCNC(=O)C(=C/C=C/C=C1/N(CCCNC(=O)CC)c2ccc(SO)cc2P1C)C(=O)NCCCC. The number of carbonyl (C=O) groups is 3. The molecule has 0 spiro atoms. The van der Waals surface area contributed by atoms with E-state index in [1.807, 2.05) is 37.3 Å². The molecule has 4 N–H and O–H groups in total. The van der Waals surface area contributed by atoms with Gasteiger partial charge in [0.05, 0.1) is 0 Å². The van der Waals surface area contributed by atoms with E-state index in [1.165, 1.54) is 5.30 Å². The fourth-order valence-corrected chi connectivity index (χ4v) is 6.39. The second kappa shape index (κ2) is 17.9. The van der Waals surface area contributed by atoms with Gasteiger partial charge in [-0.15, -0.1) is 0 Å². The number of anilines is 1. The van der Waals surface area contributed by atoms with Gasteiger partial charge in [-0.1, -0.05) is 45.8 Å². The summed E-state index contributed by atoms with van der Waals surface area (Å²) in [4.78, 5) is 40.1. The Bertz CT molecular complexity index is 1050. The van der Waals surface area contributed by atoms with Gasteiger partial charge in [-0.2, -0.15) is 0 Å². The number of nitrogens with zero attached hydrogens (tertiary/aromatic N) is 1. The van der Waals surface area contributed by atoms with Gasteiger partial charge in [0.2, 0.25) is 5.91 Å². The minimum atomic E-state index is -0.674. The lowest BCUT2D eigenvalue weighted by Crippen LogP contribution is -2.35. The first-order valence-electron chi connectivity index (χ1n) is 13.8. The number of amides is 3. The minimum Gasteiger partial charge on any atom is -0.356 e. The van der Waals surface area contributed by atoms with Gasteiger partial charge in [0, 0.05) is 66.0 Å². The minimum absolute atomic E-state index is 0.0397. The topological polar surface area (TPSA) is 111 Å². The van der Waals surface area contributed by atoms with Gasteiger partial charge in [0.1, 0.15) is 5.57 Å². The van der Waals surface area contributed by atoms with Crippen LogP contribution in [-0.2, 0) is 14.4 Å². The van der Waals surface area contributed by atoms with Crippen LogP contribution in [0.25, 0.3) is 0 Å². The molecule has 1 atom stereocenters. The quantitative estimate of drug-likeness (QED) is 0.0426. The lowest BCUT2D eigenvalue weighted by molar-refractivity contribution is -0.124.